The summed E-state index contributed by atoms with van der Waals surface area (Å²) < 4.78 is 13.3. The first kappa shape index (κ1) is 19.4. The number of anilines is 1. The van der Waals surface area contributed by atoms with E-state index in [1.54, 1.807) is 54.6 Å². The summed E-state index contributed by atoms with van der Waals surface area (Å²) in [5.41, 5.74) is 3.04. The number of carbonyl (C=O) groups is 3. The molecule has 30 heavy (non-hydrogen) atoms. The number of fused-ring (bicyclic) bond motifs is 1. The van der Waals surface area contributed by atoms with Crippen LogP contribution < -0.4 is 5.32 Å². The summed E-state index contributed by atoms with van der Waals surface area (Å²) in [5.74, 6) is -1.28. The van der Waals surface area contributed by atoms with Crippen molar-refractivity contribution in [1.82, 2.24) is 8.75 Å². The lowest BCUT2D eigenvalue weighted by atomic mass is 10.0. The minimum atomic E-state index is -0.655. The highest BCUT2D eigenvalue weighted by atomic mass is 32.1. The van der Waals surface area contributed by atoms with Gasteiger partial charge in [-0.3, -0.25) is 9.59 Å². The van der Waals surface area contributed by atoms with Gasteiger partial charge in [-0.1, -0.05) is 48.5 Å². The number of rotatable bonds is 6. The number of carbonyl (C=O) groups excluding carboxylic acids is 3. The predicted molar refractivity (Wildman–Crippen MR) is 113 cm³/mol. The predicted octanol–water partition coefficient (Wildman–Crippen LogP) is 3.72. The van der Waals surface area contributed by atoms with E-state index in [-0.39, 0.29) is 11.3 Å². The summed E-state index contributed by atoms with van der Waals surface area (Å²) in [6.07, 6.45) is 0. The van der Waals surface area contributed by atoms with Gasteiger partial charge in [0.15, 0.2) is 12.4 Å². The van der Waals surface area contributed by atoms with Crippen LogP contribution in [0.1, 0.15) is 26.3 Å². The molecule has 0 aliphatic rings. The summed E-state index contributed by atoms with van der Waals surface area (Å²) in [6.45, 7) is -0.447. The van der Waals surface area contributed by atoms with Crippen LogP contribution in [0.25, 0.3) is 11.0 Å². The summed E-state index contributed by atoms with van der Waals surface area (Å²) in [5, 5.41) is 2.66. The number of nitrogens with zero attached hydrogens (tertiary/aromatic N) is 2. The van der Waals surface area contributed by atoms with Gasteiger partial charge in [0.2, 0.25) is 0 Å². The quantitative estimate of drug-likeness (QED) is 0.379. The lowest BCUT2D eigenvalue weighted by Crippen LogP contribution is -2.21. The molecule has 1 amide bonds. The minimum absolute atomic E-state index is 0.138. The second-order valence-corrected chi connectivity index (χ2v) is 6.86. The molecule has 1 N–H and O–H groups in total. The van der Waals surface area contributed by atoms with E-state index in [1.165, 1.54) is 12.1 Å². The van der Waals surface area contributed by atoms with Crippen LogP contribution in [-0.4, -0.2) is 33.0 Å². The maximum Gasteiger partial charge on any atom is 0.338 e. The number of esters is 1. The maximum absolute atomic E-state index is 12.4. The molecule has 0 saturated carbocycles. The number of ether oxygens (including phenoxy) is 1. The Hall–Kier alpha value is -3.91. The first-order valence-electron chi connectivity index (χ1n) is 9.00. The Labute approximate surface area is 175 Å². The number of ketones is 1. The number of hydrogen-bond donors (Lipinski definition) is 1. The summed E-state index contributed by atoms with van der Waals surface area (Å²) in [7, 11) is 0. The Bertz CT molecular complexity index is 1220. The molecule has 8 heteroatoms. The first-order chi connectivity index (χ1) is 14.6. The van der Waals surface area contributed by atoms with Crippen molar-refractivity contribution in [1.29, 1.82) is 0 Å². The fraction of sp³-hybridized carbons (Fsp3) is 0.0455. The topological polar surface area (TPSA) is 98.2 Å². The van der Waals surface area contributed by atoms with Crippen molar-refractivity contribution < 1.29 is 19.1 Å². The molecule has 0 unspecified atom stereocenters. The standard InChI is InChI=1S/C22H15N3O4S/c26-19(23-17-7-4-8-18-20(17)25-30-24-18)13-29-22(28)16-11-9-15(10-12-16)21(27)14-5-2-1-3-6-14/h1-12H,13H2,(H,23,26). The van der Waals surface area contributed by atoms with Crippen molar-refractivity contribution in [2.24, 2.45) is 0 Å². The van der Waals surface area contributed by atoms with Gasteiger partial charge in [-0.15, -0.1) is 0 Å². The average molecular weight is 417 g/mol. The van der Waals surface area contributed by atoms with E-state index in [4.69, 9.17) is 4.74 Å². The molecule has 0 fully saturated rings. The fourth-order valence-electron chi connectivity index (χ4n) is 2.82. The molecule has 148 valence electrons. The van der Waals surface area contributed by atoms with E-state index in [2.05, 4.69) is 14.1 Å². The van der Waals surface area contributed by atoms with E-state index < -0.39 is 18.5 Å². The molecule has 4 rings (SSSR count). The minimum Gasteiger partial charge on any atom is -0.452 e. The van der Waals surface area contributed by atoms with Gasteiger partial charge >= 0.3 is 5.97 Å². The van der Waals surface area contributed by atoms with Crippen LogP contribution in [0.3, 0.4) is 0 Å². The van der Waals surface area contributed by atoms with Crippen LogP contribution in [-0.2, 0) is 9.53 Å². The van der Waals surface area contributed by atoms with Crippen molar-refractivity contribution >= 4 is 46.1 Å². The summed E-state index contributed by atoms with van der Waals surface area (Å²) >= 11 is 1.05. The average Bonchev–Trinajstić information content (AvgIpc) is 3.28. The van der Waals surface area contributed by atoms with E-state index >= 15 is 0 Å². The van der Waals surface area contributed by atoms with Crippen molar-refractivity contribution in [3.05, 3.63) is 89.5 Å². The Morgan fingerprint density at radius 1 is 0.800 bits per heavy atom. The Kier molecular flexibility index (Phi) is 5.58. The van der Waals surface area contributed by atoms with Gasteiger partial charge in [0, 0.05) is 11.1 Å². The molecule has 4 aromatic rings. The highest BCUT2D eigenvalue weighted by molar-refractivity contribution is 7.00. The third-order valence-corrected chi connectivity index (χ3v) is 4.86. The zero-order chi connectivity index (χ0) is 20.9. The molecule has 0 atom stereocenters. The molecule has 0 spiro atoms. The number of amides is 1. The summed E-state index contributed by atoms with van der Waals surface area (Å²) in [6, 6.07) is 20.2. The molecular formula is C22H15N3O4S. The molecular weight excluding hydrogens is 402 g/mol. The molecule has 0 bridgehead atoms. The largest absolute Gasteiger partial charge is 0.452 e. The maximum atomic E-state index is 12.4. The second-order valence-electron chi connectivity index (χ2n) is 6.33. The van der Waals surface area contributed by atoms with Gasteiger partial charge in [-0.2, -0.15) is 8.75 Å². The van der Waals surface area contributed by atoms with Crippen LogP contribution in [0.2, 0.25) is 0 Å². The summed E-state index contributed by atoms with van der Waals surface area (Å²) in [4.78, 5) is 36.8. The lowest BCUT2D eigenvalue weighted by Gasteiger charge is -2.07. The van der Waals surface area contributed by atoms with Crippen LogP contribution in [0.4, 0.5) is 5.69 Å². The highest BCUT2D eigenvalue weighted by Gasteiger charge is 2.14. The lowest BCUT2D eigenvalue weighted by molar-refractivity contribution is -0.119. The number of nitrogens with one attached hydrogen (secondary N) is 1. The Morgan fingerprint density at radius 2 is 1.50 bits per heavy atom. The van der Waals surface area contributed by atoms with E-state index in [1.807, 2.05) is 6.07 Å². The van der Waals surface area contributed by atoms with E-state index in [0.29, 0.717) is 27.8 Å². The normalized spacial score (nSPS) is 10.5. The third-order valence-electron chi connectivity index (χ3n) is 4.31. The van der Waals surface area contributed by atoms with Gasteiger partial charge in [-0.25, -0.2) is 4.79 Å². The Balaban J connectivity index is 1.35. The van der Waals surface area contributed by atoms with Gasteiger partial charge in [0.1, 0.15) is 11.0 Å². The molecule has 7 nitrogen and oxygen atoms in total. The molecule has 3 aromatic carbocycles. The smallest absolute Gasteiger partial charge is 0.338 e. The molecule has 0 radical (unpaired) electrons. The number of aromatic nitrogens is 2. The van der Waals surface area contributed by atoms with Crippen molar-refractivity contribution in [2.75, 3.05) is 11.9 Å². The first-order valence-corrected chi connectivity index (χ1v) is 9.73. The highest BCUT2D eigenvalue weighted by Crippen LogP contribution is 2.21. The number of benzene rings is 3. The molecule has 0 aliphatic carbocycles. The fourth-order valence-corrected chi connectivity index (χ4v) is 3.37. The second kappa shape index (κ2) is 8.62. The van der Waals surface area contributed by atoms with E-state index in [9.17, 15) is 14.4 Å². The third kappa shape index (κ3) is 4.23. The van der Waals surface area contributed by atoms with E-state index in [0.717, 1.165) is 11.7 Å². The van der Waals surface area contributed by atoms with Crippen molar-refractivity contribution in [2.45, 2.75) is 0 Å². The van der Waals surface area contributed by atoms with Crippen LogP contribution in [0, 0.1) is 0 Å². The molecule has 0 saturated heterocycles. The zero-order valence-corrected chi connectivity index (χ0v) is 16.4. The SMILES string of the molecule is O=C(COC(=O)c1ccc(C(=O)c2ccccc2)cc1)Nc1cccc2nsnc12. The monoisotopic (exact) mass is 417 g/mol. The van der Waals surface area contributed by atoms with Gasteiger partial charge in [0.05, 0.1) is 23.0 Å². The zero-order valence-electron chi connectivity index (χ0n) is 15.6. The molecule has 0 aliphatic heterocycles. The van der Waals surface area contributed by atoms with Gasteiger partial charge in [0.25, 0.3) is 5.91 Å². The molecule has 1 aromatic heterocycles. The van der Waals surface area contributed by atoms with Gasteiger partial charge in [-0.05, 0) is 24.3 Å². The van der Waals surface area contributed by atoms with Crippen LogP contribution in [0.15, 0.2) is 72.8 Å². The van der Waals surface area contributed by atoms with Gasteiger partial charge < -0.3 is 10.1 Å². The Morgan fingerprint density at radius 3 is 2.27 bits per heavy atom. The van der Waals surface area contributed by atoms with Crippen molar-refractivity contribution in [3.8, 4) is 0 Å². The molecule has 1 heterocycles. The van der Waals surface area contributed by atoms with Crippen LogP contribution in [0.5, 0.6) is 0 Å². The van der Waals surface area contributed by atoms with Crippen molar-refractivity contribution in [3.63, 3.8) is 0 Å². The number of hydrogen-bond acceptors (Lipinski definition) is 7. The van der Waals surface area contributed by atoms with Crippen LogP contribution >= 0.6 is 11.7 Å².